The Morgan fingerprint density at radius 1 is 0.558 bits per heavy atom. The van der Waals surface area contributed by atoms with E-state index in [-0.39, 0.29) is 34.9 Å². The van der Waals surface area contributed by atoms with Gasteiger partial charge in [0.2, 0.25) is 0 Å². The molecule has 0 spiro atoms. The number of allylic oxidation sites excluding steroid dienone is 4. The first-order valence-corrected chi connectivity index (χ1v) is 14.5. The second-order valence-electron chi connectivity index (χ2n) is 11.7. The molecule has 216 valence electrons. The Hall–Kier alpha value is -5.10. The van der Waals surface area contributed by atoms with Crippen LogP contribution in [0.5, 0.6) is 11.5 Å². The van der Waals surface area contributed by atoms with Gasteiger partial charge in [-0.1, -0.05) is 48.5 Å². The van der Waals surface area contributed by atoms with Gasteiger partial charge in [-0.15, -0.1) is 0 Å². The summed E-state index contributed by atoms with van der Waals surface area (Å²) in [5, 5.41) is 21.6. The molecule has 0 amide bonds. The van der Waals surface area contributed by atoms with Crippen molar-refractivity contribution >= 4 is 34.1 Å². The van der Waals surface area contributed by atoms with Crippen LogP contribution in [-0.2, 0) is 16.0 Å². The maximum Gasteiger partial charge on any atom is 0.156 e. The van der Waals surface area contributed by atoms with Gasteiger partial charge in [0.15, 0.2) is 11.6 Å². The summed E-state index contributed by atoms with van der Waals surface area (Å²) in [4.78, 5) is 25.4. The lowest BCUT2D eigenvalue weighted by atomic mass is 9.79. The smallest absolute Gasteiger partial charge is 0.156 e. The molecule has 0 aromatic heterocycles. The predicted octanol–water partition coefficient (Wildman–Crippen LogP) is 6.91. The summed E-state index contributed by atoms with van der Waals surface area (Å²) in [7, 11) is 0. The van der Waals surface area contributed by atoms with Crippen LogP contribution in [0.3, 0.4) is 0 Å². The number of carbonyl (C=O) groups excluding carboxylic acids is 2. The van der Waals surface area contributed by atoms with Gasteiger partial charge in [-0.05, 0) is 124 Å². The molecule has 6 nitrogen and oxygen atoms in total. The number of aromatic hydroxyl groups is 2. The zero-order valence-electron chi connectivity index (χ0n) is 23.8. The van der Waals surface area contributed by atoms with Gasteiger partial charge in [0.05, 0.1) is 0 Å². The average Bonchev–Trinajstić information content (AvgIpc) is 2.99. The van der Waals surface area contributed by atoms with Crippen molar-refractivity contribution in [1.29, 1.82) is 0 Å². The molecule has 2 atom stereocenters. The van der Waals surface area contributed by atoms with Crippen LogP contribution in [0, 0.1) is 0 Å². The van der Waals surface area contributed by atoms with Crippen LogP contribution >= 0.6 is 0 Å². The molecule has 0 saturated carbocycles. The summed E-state index contributed by atoms with van der Waals surface area (Å²) < 4.78 is 0. The third-order valence-corrected chi connectivity index (χ3v) is 8.53. The first kappa shape index (κ1) is 28.0. The van der Waals surface area contributed by atoms with Gasteiger partial charge < -0.3 is 21.7 Å². The normalized spacial score (nSPS) is 18.7. The lowest BCUT2D eigenvalue weighted by molar-refractivity contribution is -0.116. The third kappa shape index (κ3) is 6.24. The molecule has 4 aromatic rings. The van der Waals surface area contributed by atoms with Gasteiger partial charge in [0.25, 0.3) is 0 Å². The minimum absolute atomic E-state index is 0.0328. The second-order valence-corrected chi connectivity index (χ2v) is 11.7. The summed E-state index contributed by atoms with van der Waals surface area (Å²) in [6, 6.07) is 26.1. The molecule has 0 bridgehead atoms. The first-order valence-electron chi connectivity index (χ1n) is 14.5. The second kappa shape index (κ2) is 11.6. The molecule has 2 aliphatic carbocycles. The van der Waals surface area contributed by atoms with Crippen molar-refractivity contribution < 1.29 is 19.8 Å². The molecule has 2 unspecified atom stereocenters. The van der Waals surface area contributed by atoms with E-state index in [2.05, 4.69) is 0 Å². The SMILES string of the molecule is Nc1ccc(C2=CC(=O)CC(c3cc(Cc4ccc(O)c(C5CC(=O)C=C(c6ccc(N)cc6)C5)c4)ccc3O)C2)cc1. The van der Waals surface area contributed by atoms with Gasteiger partial charge in [0, 0.05) is 24.2 Å². The Kier molecular flexibility index (Phi) is 7.59. The van der Waals surface area contributed by atoms with E-state index >= 15 is 0 Å². The van der Waals surface area contributed by atoms with Crippen molar-refractivity contribution in [1.82, 2.24) is 0 Å². The number of hydrogen-bond acceptors (Lipinski definition) is 6. The fourth-order valence-corrected chi connectivity index (χ4v) is 6.34. The molecule has 0 saturated heterocycles. The van der Waals surface area contributed by atoms with Gasteiger partial charge in [-0.25, -0.2) is 0 Å². The molecule has 4 aromatic carbocycles. The Labute approximate surface area is 251 Å². The number of ketones is 2. The van der Waals surface area contributed by atoms with Crippen LogP contribution in [0.1, 0.15) is 70.9 Å². The van der Waals surface area contributed by atoms with Crippen LogP contribution in [0.4, 0.5) is 11.4 Å². The summed E-state index contributed by atoms with van der Waals surface area (Å²) in [6.45, 7) is 0. The Bertz CT molecular complexity index is 1640. The monoisotopic (exact) mass is 570 g/mol. The highest BCUT2D eigenvalue weighted by Gasteiger charge is 2.27. The summed E-state index contributed by atoms with van der Waals surface area (Å²) in [5.74, 6) is 0.124. The topological polar surface area (TPSA) is 127 Å². The van der Waals surface area contributed by atoms with Crippen molar-refractivity contribution in [2.45, 2.75) is 43.9 Å². The molecular formula is C37H34N2O4. The van der Waals surface area contributed by atoms with E-state index in [9.17, 15) is 19.8 Å². The summed E-state index contributed by atoms with van der Waals surface area (Å²) in [5.41, 5.74) is 20.3. The standard InChI is InChI=1S/C37H34N2O4/c38-30-7-3-24(4-8-30)26-16-28(20-32(40)18-26)34-14-22(1-11-36(34)42)13-23-2-12-37(43)35(15-23)29-17-27(19-33(41)21-29)25-5-9-31(39)10-6-25/h1-12,14-15,18-19,28-29,42-43H,13,16-17,20-21,38-39H2. The Morgan fingerprint density at radius 2 is 0.953 bits per heavy atom. The van der Waals surface area contributed by atoms with Crippen LogP contribution < -0.4 is 11.5 Å². The van der Waals surface area contributed by atoms with E-state index in [1.165, 1.54) is 0 Å². The lowest BCUT2D eigenvalue weighted by Crippen LogP contribution is -2.13. The number of nitrogens with two attached hydrogens (primary N) is 2. The molecule has 6 heteroatoms. The van der Waals surface area contributed by atoms with Crippen LogP contribution in [0.2, 0.25) is 0 Å². The number of anilines is 2. The summed E-state index contributed by atoms with van der Waals surface area (Å²) >= 11 is 0. The minimum atomic E-state index is -0.146. The predicted molar refractivity (Wildman–Crippen MR) is 171 cm³/mol. The van der Waals surface area contributed by atoms with Gasteiger partial charge in [0.1, 0.15) is 11.5 Å². The maximum absolute atomic E-state index is 12.7. The Morgan fingerprint density at radius 3 is 1.35 bits per heavy atom. The molecule has 6 rings (SSSR count). The lowest BCUT2D eigenvalue weighted by Gasteiger charge is -2.25. The number of rotatable bonds is 6. The third-order valence-electron chi connectivity index (χ3n) is 8.53. The highest BCUT2D eigenvalue weighted by Crippen LogP contribution is 2.42. The molecule has 0 radical (unpaired) electrons. The maximum atomic E-state index is 12.7. The fourth-order valence-electron chi connectivity index (χ4n) is 6.34. The van der Waals surface area contributed by atoms with Crippen molar-refractivity contribution in [3.05, 3.63) is 130 Å². The van der Waals surface area contributed by atoms with E-state index in [4.69, 9.17) is 11.5 Å². The Balaban J connectivity index is 1.23. The van der Waals surface area contributed by atoms with Crippen molar-refractivity contribution in [2.75, 3.05) is 11.5 Å². The molecular weight excluding hydrogens is 536 g/mol. The highest BCUT2D eigenvalue weighted by molar-refractivity contribution is 6.00. The number of nitrogen functional groups attached to an aromatic ring is 2. The van der Waals surface area contributed by atoms with Gasteiger partial charge >= 0.3 is 0 Å². The molecule has 0 heterocycles. The van der Waals surface area contributed by atoms with Crippen molar-refractivity contribution in [3.8, 4) is 11.5 Å². The summed E-state index contributed by atoms with van der Waals surface area (Å²) in [6.07, 6.45) is 5.90. The average molecular weight is 571 g/mol. The number of hydrogen-bond donors (Lipinski definition) is 4. The molecule has 2 aliphatic rings. The zero-order valence-corrected chi connectivity index (χ0v) is 23.8. The van der Waals surface area contributed by atoms with E-state index in [1.54, 1.807) is 24.3 Å². The van der Waals surface area contributed by atoms with Gasteiger partial charge in [-0.3, -0.25) is 9.59 Å². The van der Waals surface area contributed by atoms with E-state index in [0.29, 0.717) is 43.5 Å². The van der Waals surface area contributed by atoms with Crippen molar-refractivity contribution in [3.63, 3.8) is 0 Å². The molecule has 0 aliphatic heterocycles. The number of phenols is 2. The van der Waals surface area contributed by atoms with Crippen LogP contribution in [0.15, 0.2) is 97.1 Å². The number of phenolic OH excluding ortho intramolecular Hbond substituents is 2. The number of benzene rings is 4. The molecule has 0 fully saturated rings. The zero-order chi connectivity index (χ0) is 30.1. The number of carbonyl (C=O) groups is 2. The van der Waals surface area contributed by atoms with E-state index < -0.39 is 0 Å². The quantitative estimate of drug-likeness (QED) is 0.187. The van der Waals surface area contributed by atoms with Crippen molar-refractivity contribution in [2.24, 2.45) is 0 Å². The molecule has 43 heavy (non-hydrogen) atoms. The van der Waals surface area contributed by atoms with Gasteiger partial charge in [-0.2, -0.15) is 0 Å². The largest absolute Gasteiger partial charge is 0.508 e. The van der Waals surface area contributed by atoms with Crippen LogP contribution in [-0.4, -0.2) is 21.8 Å². The fraction of sp³-hybridized carbons (Fsp3) is 0.189. The van der Waals surface area contributed by atoms with Crippen LogP contribution in [0.25, 0.3) is 11.1 Å². The highest BCUT2D eigenvalue weighted by atomic mass is 16.3. The van der Waals surface area contributed by atoms with E-state index in [1.807, 2.05) is 72.8 Å². The van der Waals surface area contributed by atoms with E-state index in [0.717, 1.165) is 44.5 Å². The first-order chi connectivity index (χ1) is 20.7. The molecule has 6 N–H and O–H groups in total. The minimum Gasteiger partial charge on any atom is -0.508 e.